The van der Waals surface area contributed by atoms with E-state index in [-0.39, 0.29) is 0 Å². The van der Waals surface area contributed by atoms with Crippen LogP contribution in [0.4, 0.5) is 0 Å². The van der Waals surface area contributed by atoms with Gasteiger partial charge in [-0.1, -0.05) is 39.5 Å². The molecule has 1 saturated carbocycles. The average Bonchev–Trinajstić information content (AvgIpc) is 2.82. The van der Waals surface area contributed by atoms with Gasteiger partial charge in [0.15, 0.2) is 0 Å². The highest BCUT2D eigenvalue weighted by Gasteiger charge is 2.20. The molecule has 16 heavy (non-hydrogen) atoms. The molecule has 0 aromatic carbocycles. The summed E-state index contributed by atoms with van der Waals surface area (Å²) in [6.45, 7) is 9.41. The summed E-state index contributed by atoms with van der Waals surface area (Å²) < 4.78 is 0. The first-order chi connectivity index (χ1) is 7.88. The van der Waals surface area contributed by atoms with E-state index in [4.69, 9.17) is 0 Å². The van der Waals surface area contributed by atoms with Gasteiger partial charge in [0.1, 0.15) is 0 Å². The standard InChI is InChI=1S/C14H30N2/c1-3-5-8-11-15-12-13-16(4-2)14-9-6-7-10-14/h14-15H,3-13H2,1-2H3. The van der Waals surface area contributed by atoms with Crippen molar-refractivity contribution < 1.29 is 0 Å². The smallest absolute Gasteiger partial charge is 0.0110 e. The van der Waals surface area contributed by atoms with Crippen LogP contribution in [0.2, 0.25) is 0 Å². The maximum absolute atomic E-state index is 3.57. The molecule has 96 valence electrons. The topological polar surface area (TPSA) is 15.3 Å². The number of hydrogen-bond donors (Lipinski definition) is 1. The predicted molar refractivity (Wildman–Crippen MR) is 71.9 cm³/mol. The molecule has 1 rings (SSSR count). The molecular formula is C14H30N2. The third-order valence-electron chi connectivity index (χ3n) is 3.78. The van der Waals surface area contributed by atoms with Gasteiger partial charge in [0.2, 0.25) is 0 Å². The fourth-order valence-electron chi connectivity index (χ4n) is 2.72. The van der Waals surface area contributed by atoms with Gasteiger partial charge in [-0.15, -0.1) is 0 Å². The lowest BCUT2D eigenvalue weighted by Crippen LogP contribution is -2.38. The van der Waals surface area contributed by atoms with Crippen LogP contribution in [-0.4, -0.2) is 37.1 Å². The van der Waals surface area contributed by atoms with Crippen molar-refractivity contribution >= 4 is 0 Å². The van der Waals surface area contributed by atoms with Crippen LogP contribution in [0.1, 0.15) is 58.8 Å². The first kappa shape index (κ1) is 14.0. The van der Waals surface area contributed by atoms with Gasteiger partial charge in [-0.05, 0) is 32.4 Å². The van der Waals surface area contributed by atoms with Crippen molar-refractivity contribution in [1.82, 2.24) is 10.2 Å². The summed E-state index contributed by atoms with van der Waals surface area (Å²) in [5, 5.41) is 3.57. The molecule has 0 aliphatic heterocycles. The van der Waals surface area contributed by atoms with Crippen LogP contribution in [0.15, 0.2) is 0 Å². The van der Waals surface area contributed by atoms with Crippen LogP contribution in [0.25, 0.3) is 0 Å². The Morgan fingerprint density at radius 2 is 1.81 bits per heavy atom. The van der Waals surface area contributed by atoms with Gasteiger partial charge >= 0.3 is 0 Å². The molecule has 1 aliphatic rings. The summed E-state index contributed by atoms with van der Waals surface area (Å²) in [6.07, 6.45) is 9.80. The minimum atomic E-state index is 0.891. The molecule has 0 unspecified atom stereocenters. The van der Waals surface area contributed by atoms with Gasteiger partial charge in [0, 0.05) is 19.1 Å². The molecule has 1 N–H and O–H groups in total. The van der Waals surface area contributed by atoms with Crippen molar-refractivity contribution in [3.05, 3.63) is 0 Å². The van der Waals surface area contributed by atoms with Gasteiger partial charge in [-0.3, -0.25) is 4.90 Å². The van der Waals surface area contributed by atoms with Crippen molar-refractivity contribution in [3.8, 4) is 0 Å². The van der Waals surface area contributed by atoms with E-state index in [0.717, 1.165) is 6.04 Å². The highest BCUT2D eigenvalue weighted by Crippen LogP contribution is 2.22. The Hall–Kier alpha value is -0.0800. The Morgan fingerprint density at radius 3 is 2.44 bits per heavy atom. The van der Waals surface area contributed by atoms with Gasteiger partial charge in [0.25, 0.3) is 0 Å². The van der Waals surface area contributed by atoms with Crippen LogP contribution < -0.4 is 5.32 Å². The third kappa shape index (κ3) is 5.31. The first-order valence-electron chi connectivity index (χ1n) is 7.33. The van der Waals surface area contributed by atoms with Crippen LogP contribution >= 0.6 is 0 Å². The molecule has 2 nitrogen and oxygen atoms in total. The molecule has 0 spiro atoms. The van der Waals surface area contributed by atoms with E-state index in [9.17, 15) is 0 Å². The van der Waals surface area contributed by atoms with E-state index in [1.807, 2.05) is 0 Å². The highest BCUT2D eigenvalue weighted by atomic mass is 15.2. The minimum absolute atomic E-state index is 0.891. The summed E-state index contributed by atoms with van der Waals surface area (Å²) in [5.41, 5.74) is 0. The fourth-order valence-corrected chi connectivity index (χ4v) is 2.72. The zero-order valence-corrected chi connectivity index (χ0v) is 11.3. The van der Waals surface area contributed by atoms with Crippen molar-refractivity contribution in [3.63, 3.8) is 0 Å². The van der Waals surface area contributed by atoms with Crippen molar-refractivity contribution in [2.75, 3.05) is 26.2 Å². The number of nitrogens with zero attached hydrogens (tertiary/aromatic N) is 1. The lowest BCUT2D eigenvalue weighted by molar-refractivity contribution is 0.209. The SMILES string of the molecule is CCCCCNCCN(CC)C1CCCC1. The monoisotopic (exact) mass is 226 g/mol. The maximum Gasteiger partial charge on any atom is 0.0110 e. The van der Waals surface area contributed by atoms with Gasteiger partial charge in [-0.25, -0.2) is 0 Å². The van der Waals surface area contributed by atoms with E-state index >= 15 is 0 Å². The second-order valence-corrected chi connectivity index (χ2v) is 5.02. The molecule has 2 heteroatoms. The van der Waals surface area contributed by atoms with Crippen molar-refractivity contribution in [1.29, 1.82) is 0 Å². The van der Waals surface area contributed by atoms with Crippen molar-refractivity contribution in [2.45, 2.75) is 64.8 Å². The van der Waals surface area contributed by atoms with E-state index in [0.29, 0.717) is 0 Å². The number of nitrogens with one attached hydrogen (secondary N) is 1. The molecule has 0 aromatic rings. The summed E-state index contributed by atoms with van der Waals surface area (Å²) in [7, 11) is 0. The zero-order valence-electron chi connectivity index (χ0n) is 11.3. The van der Waals surface area contributed by atoms with Crippen LogP contribution in [0.5, 0.6) is 0 Å². The molecule has 1 fully saturated rings. The summed E-state index contributed by atoms with van der Waals surface area (Å²) in [6, 6.07) is 0.891. The van der Waals surface area contributed by atoms with E-state index in [2.05, 4.69) is 24.1 Å². The average molecular weight is 226 g/mol. The van der Waals surface area contributed by atoms with Crippen LogP contribution in [0.3, 0.4) is 0 Å². The first-order valence-corrected chi connectivity index (χ1v) is 7.33. The van der Waals surface area contributed by atoms with E-state index < -0.39 is 0 Å². The van der Waals surface area contributed by atoms with Gasteiger partial charge in [-0.2, -0.15) is 0 Å². The van der Waals surface area contributed by atoms with Crippen LogP contribution in [0, 0.1) is 0 Å². The molecule has 0 saturated heterocycles. The Kier molecular flexibility index (Phi) is 7.87. The molecule has 0 bridgehead atoms. The Bertz CT molecular complexity index is 153. The Labute approximate surface area is 102 Å². The lowest BCUT2D eigenvalue weighted by atomic mass is 10.2. The maximum atomic E-state index is 3.57. The lowest BCUT2D eigenvalue weighted by Gasteiger charge is -2.27. The molecular weight excluding hydrogens is 196 g/mol. The molecule has 0 aromatic heterocycles. The number of rotatable bonds is 9. The number of likely N-dealkylation sites (N-methyl/N-ethyl adjacent to an activating group) is 1. The fraction of sp³-hybridized carbons (Fsp3) is 1.00. The number of unbranched alkanes of at least 4 members (excludes halogenated alkanes) is 2. The minimum Gasteiger partial charge on any atom is -0.315 e. The van der Waals surface area contributed by atoms with Gasteiger partial charge in [0.05, 0.1) is 0 Å². The molecule has 0 radical (unpaired) electrons. The summed E-state index contributed by atoms with van der Waals surface area (Å²) >= 11 is 0. The summed E-state index contributed by atoms with van der Waals surface area (Å²) in [5.74, 6) is 0. The Morgan fingerprint density at radius 1 is 1.06 bits per heavy atom. The molecule has 0 amide bonds. The largest absolute Gasteiger partial charge is 0.315 e. The molecule has 1 aliphatic carbocycles. The second-order valence-electron chi connectivity index (χ2n) is 5.02. The Balaban J connectivity index is 2.00. The van der Waals surface area contributed by atoms with Crippen LogP contribution in [-0.2, 0) is 0 Å². The molecule has 0 heterocycles. The van der Waals surface area contributed by atoms with Crippen molar-refractivity contribution in [2.24, 2.45) is 0 Å². The second kappa shape index (κ2) is 9.00. The quantitative estimate of drug-likeness (QED) is 0.608. The number of hydrogen-bond acceptors (Lipinski definition) is 2. The predicted octanol–water partition coefficient (Wildman–Crippen LogP) is 3.03. The van der Waals surface area contributed by atoms with E-state index in [1.165, 1.54) is 71.1 Å². The zero-order chi connectivity index (χ0) is 11.6. The third-order valence-corrected chi connectivity index (χ3v) is 3.78. The highest BCUT2D eigenvalue weighted by molar-refractivity contribution is 4.77. The molecule has 0 atom stereocenters. The summed E-state index contributed by atoms with van der Waals surface area (Å²) in [4.78, 5) is 2.67. The van der Waals surface area contributed by atoms with Gasteiger partial charge < -0.3 is 5.32 Å². The van der Waals surface area contributed by atoms with E-state index in [1.54, 1.807) is 0 Å². The normalized spacial score (nSPS) is 17.4.